The SMILES string of the molecule is O=C(c1c(F)cccc1F)N1CCC[C@@H]1c1cccs1. The molecule has 0 bridgehead atoms. The summed E-state index contributed by atoms with van der Waals surface area (Å²) in [5, 5.41) is 1.94. The third-order valence-electron chi connectivity index (χ3n) is 3.56. The molecule has 1 aromatic carbocycles. The Labute approximate surface area is 119 Å². The van der Waals surface area contributed by atoms with Gasteiger partial charge in [-0.15, -0.1) is 11.3 Å². The quantitative estimate of drug-likeness (QED) is 0.819. The highest BCUT2D eigenvalue weighted by Crippen LogP contribution is 2.35. The molecule has 5 heteroatoms. The molecule has 1 aliphatic heterocycles. The summed E-state index contributed by atoms with van der Waals surface area (Å²) < 4.78 is 27.5. The molecule has 0 saturated carbocycles. The Balaban J connectivity index is 1.94. The maximum Gasteiger partial charge on any atom is 0.260 e. The van der Waals surface area contributed by atoms with Crippen LogP contribution in [0.2, 0.25) is 0 Å². The summed E-state index contributed by atoms with van der Waals surface area (Å²) in [7, 11) is 0. The lowest BCUT2D eigenvalue weighted by Crippen LogP contribution is -2.31. The zero-order chi connectivity index (χ0) is 14.1. The van der Waals surface area contributed by atoms with E-state index in [2.05, 4.69) is 0 Å². The number of thiophene rings is 1. The van der Waals surface area contributed by atoms with E-state index in [1.165, 1.54) is 6.07 Å². The first-order valence-electron chi connectivity index (χ1n) is 6.47. The largest absolute Gasteiger partial charge is 0.331 e. The van der Waals surface area contributed by atoms with Crippen molar-refractivity contribution < 1.29 is 13.6 Å². The average molecular weight is 293 g/mol. The Bertz CT molecular complexity index is 607. The van der Waals surface area contributed by atoms with Crippen molar-refractivity contribution in [2.45, 2.75) is 18.9 Å². The van der Waals surface area contributed by atoms with Crippen LogP contribution in [0.3, 0.4) is 0 Å². The summed E-state index contributed by atoms with van der Waals surface area (Å²) in [4.78, 5) is 15.1. The fourth-order valence-electron chi connectivity index (χ4n) is 2.63. The Morgan fingerprint density at radius 2 is 1.95 bits per heavy atom. The topological polar surface area (TPSA) is 20.3 Å². The monoisotopic (exact) mass is 293 g/mol. The van der Waals surface area contributed by atoms with Crippen LogP contribution >= 0.6 is 11.3 Å². The van der Waals surface area contributed by atoms with Crippen LogP contribution in [-0.2, 0) is 0 Å². The third kappa shape index (κ3) is 2.22. The number of hydrogen-bond acceptors (Lipinski definition) is 2. The van der Waals surface area contributed by atoms with E-state index in [1.54, 1.807) is 16.2 Å². The molecule has 2 nitrogen and oxygen atoms in total. The highest BCUT2D eigenvalue weighted by molar-refractivity contribution is 7.10. The van der Waals surface area contributed by atoms with Gasteiger partial charge < -0.3 is 4.90 Å². The molecule has 1 aliphatic rings. The van der Waals surface area contributed by atoms with Crippen molar-refractivity contribution in [2.75, 3.05) is 6.54 Å². The van der Waals surface area contributed by atoms with Crippen molar-refractivity contribution in [1.29, 1.82) is 0 Å². The lowest BCUT2D eigenvalue weighted by molar-refractivity contribution is 0.0728. The molecule has 0 N–H and O–H groups in total. The highest BCUT2D eigenvalue weighted by atomic mass is 32.1. The van der Waals surface area contributed by atoms with Crippen molar-refractivity contribution in [1.82, 2.24) is 4.90 Å². The third-order valence-corrected chi connectivity index (χ3v) is 4.54. The van der Waals surface area contributed by atoms with E-state index < -0.39 is 23.1 Å². The van der Waals surface area contributed by atoms with Crippen molar-refractivity contribution in [3.8, 4) is 0 Å². The number of carbonyl (C=O) groups excluding carboxylic acids is 1. The fourth-order valence-corrected chi connectivity index (χ4v) is 3.51. The van der Waals surface area contributed by atoms with Gasteiger partial charge in [0, 0.05) is 11.4 Å². The Hall–Kier alpha value is -1.75. The number of amides is 1. The number of carbonyl (C=O) groups is 1. The van der Waals surface area contributed by atoms with Crippen LogP contribution in [0.4, 0.5) is 8.78 Å². The van der Waals surface area contributed by atoms with Gasteiger partial charge in [-0.25, -0.2) is 8.78 Å². The standard InChI is InChI=1S/C15H13F2NOS/c16-10-4-1-5-11(17)14(10)15(19)18-8-2-6-12(18)13-7-3-9-20-13/h1,3-5,7,9,12H,2,6,8H2/t12-/m1/s1. The number of hydrogen-bond donors (Lipinski definition) is 0. The number of halogens is 2. The molecule has 1 aromatic heterocycles. The number of benzene rings is 1. The number of likely N-dealkylation sites (tertiary alicyclic amines) is 1. The summed E-state index contributed by atoms with van der Waals surface area (Å²) in [5.41, 5.74) is -0.448. The van der Waals surface area contributed by atoms with E-state index in [9.17, 15) is 13.6 Å². The first kappa shape index (κ1) is 13.2. The second-order valence-corrected chi connectivity index (χ2v) is 5.75. The Kier molecular flexibility index (Phi) is 3.53. The fraction of sp³-hybridized carbons (Fsp3) is 0.267. The van der Waals surface area contributed by atoms with Gasteiger partial charge in [0.05, 0.1) is 6.04 Å². The second-order valence-electron chi connectivity index (χ2n) is 4.77. The normalized spacial score (nSPS) is 18.5. The lowest BCUT2D eigenvalue weighted by atomic mass is 10.1. The Morgan fingerprint density at radius 3 is 2.60 bits per heavy atom. The number of rotatable bonds is 2. The molecule has 2 heterocycles. The maximum absolute atomic E-state index is 13.7. The molecule has 3 rings (SSSR count). The van der Waals surface area contributed by atoms with E-state index in [0.717, 1.165) is 29.9 Å². The van der Waals surface area contributed by atoms with Crippen LogP contribution in [-0.4, -0.2) is 17.4 Å². The van der Waals surface area contributed by atoms with Crippen LogP contribution in [0.5, 0.6) is 0 Å². The van der Waals surface area contributed by atoms with Crippen molar-refractivity contribution >= 4 is 17.2 Å². The minimum absolute atomic E-state index is 0.0680. The molecule has 1 atom stereocenters. The molecule has 1 amide bonds. The van der Waals surface area contributed by atoms with Gasteiger partial charge in [0.15, 0.2) is 0 Å². The van der Waals surface area contributed by atoms with Crippen molar-refractivity contribution in [3.63, 3.8) is 0 Å². The summed E-state index contributed by atoms with van der Waals surface area (Å²) in [6.45, 7) is 0.537. The molecule has 104 valence electrons. The zero-order valence-corrected chi connectivity index (χ0v) is 11.5. The van der Waals surface area contributed by atoms with Gasteiger partial charge in [-0.1, -0.05) is 12.1 Å². The van der Waals surface area contributed by atoms with E-state index in [-0.39, 0.29) is 6.04 Å². The first-order valence-corrected chi connectivity index (χ1v) is 7.35. The maximum atomic E-state index is 13.7. The molecule has 1 fully saturated rings. The van der Waals surface area contributed by atoms with Crippen LogP contribution in [0.1, 0.15) is 34.1 Å². The van der Waals surface area contributed by atoms with Crippen LogP contribution in [0, 0.1) is 11.6 Å². The minimum Gasteiger partial charge on any atom is -0.331 e. The van der Waals surface area contributed by atoms with E-state index in [0.29, 0.717) is 6.54 Å². The van der Waals surface area contributed by atoms with Gasteiger partial charge in [0.2, 0.25) is 0 Å². The van der Waals surface area contributed by atoms with Crippen LogP contribution in [0.15, 0.2) is 35.7 Å². The van der Waals surface area contributed by atoms with Gasteiger partial charge in [-0.3, -0.25) is 4.79 Å². The predicted octanol–water partition coefficient (Wildman–Crippen LogP) is 4.00. The summed E-state index contributed by atoms with van der Waals surface area (Å²) >= 11 is 1.56. The first-order chi connectivity index (χ1) is 9.68. The molecular weight excluding hydrogens is 280 g/mol. The van der Waals surface area contributed by atoms with E-state index >= 15 is 0 Å². The highest BCUT2D eigenvalue weighted by Gasteiger charge is 2.33. The summed E-state index contributed by atoms with van der Waals surface area (Å²) in [6.07, 6.45) is 1.69. The molecule has 0 radical (unpaired) electrons. The smallest absolute Gasteiger partial charge is 0.260 e. The summed E-state index contributed by atoms with van der Waals surface area (Å²) in [5.74, 6) is -2.16. The molecule has 0 aliphatic carbocycles. The average Bonchev–Trinajstić information content (AvgIpc) is 3.09. The molecule has 20 heavy (non-hydrogen) atoms. The summed E-state index contributed by atoms with van der Waals surface area (Å²) in [6, 6.07) is 7.31. The predicted molar refractivity (Wildman–Crippen MR) is 73.7 cm³/mol. The van der Waals surface area contributed by atoms with Gasteiger partial charge in [0.25, 0.3) is 5.91 Å². The minimum atomic E-state index is -0.799. The Morgan fingerprint density at radius 1 is 1.20 bits per heavy atom. The molecule has 0 spiro atoms. The van der Waals surface area contributed by atoms with Crippen molar-refractivity contribution in [3.05, 3.63) is 57.8 Å². The van der Waals surface area contributed by atoms with E-state index in [1.807, 2.05) is 17.5 Å². The molecule has 0 unspecified atom stereocenters. The van der Waals surface area contributed by atoms with Crippen LogP contribution < -0.4 is 0 Å². The van der Waals surface area contributed by atoms with E-state index in [4.69, 9.17) is 0 Å². The second kappa shape index (κ2) is 5.32. The lowest BCUT2D eigenvalue weighted by Gasteiger charge is -2.24. The van der Waals surface area contributed by atoms with Crippen molar-refractivity contribution in [2.24, 2.45) is 0 Å². The number of nitrogens with zero attached hydrogens (tertiary/aromatic N) is 1. The van der Waals surface area contributed by atoms with Gasteiger partial charge >= 0.3 is 0 Å². The molecule has 2 aromatic rings. The van der Waals surface area contributed by atoms with Gasteiger partial charge in [0.1, 0.15) is 17.2 Å². The zero-order valence-electron chi connectivity index (χ0n) is 10.7. The molecular formula is C15H13F2NOS. The molecule has 1 saturated heterocycles. The van der Waals surface area contributed by atoms with Gasteiger partial charge in [-0.05, 0) is 36.4 Å². The van der Waals surface area contributed by atoms with Crippen LogP contribution in [0.25, 0.3) is 0 Å². The van der Waals surface area contributed by atoms with Gasteiger partial charge in [-0.2, -0.15) is 0 Å².